The Morgan fingerprint density at radius 1 is 1.32 bits per heavy atom. The Bertz CT molecular complexity index is 562. The van der Waals surface area contributed by atoms with Crippen molar-refractivity contribution in [3.05, 3.63) is 29.8 Å². The Labute approximate surface area is 131 Å². The molecular weight excluding hydrogens is 280 g/mol. The second kappa shape index (κ2) is 9.46. The van der Waals surface area contributed by atoms with Gasteiger partial charge < -0.3 is 14.8 Å². The van der Waals surface area contributed by atoms with Crippen LogP contribution in [0.3, 0.4) is 0 Å². The summed E-state index contributed by atoms with van der Waals surface area (Å²) in [5.74, 6) is 0.917. The van der Waals surface area contributed by atoms with Gasteiger partial charge in [0.2, 0.25) is 5.91 Å². The molecule has 0 radical (unpaired) electrons. The monoisotopic (exact) mass is 302 g/mol. The van der Waals surface area contributed by atoms with E-state index in [1.807, 2.05) is 32.0 Å². The quantitative estimate of drug-likeness (QED) is 0.750. The summed E-state index contributed by atoms with van der Waals surface area (Å²) in [5, 5.41) is 11.3. The van der Waals surface area contributed by atoms with Crippen LogP contribution >= 0.6 is 0 Å². The van der Waals surface area contributed by atoms with Gasteiger partial charge in [-0.2, -0.15) is 5.26 Å². The second-order valence-electron chi connectivity index (χ2n) is 4.68. The summed E-state index contributed by atoms with van der Waals surface area (Å²) in [6, 6.07) is 7.57. The maximum absolute atomic E-state index is 11.7. The van der Waals surface area contributed by atoms with Crippen LogP contribution in [0.2, 0.25) is 0 Å². The molecule has 0 aliphatic carbocycles. The molecule has 1 amide bonds. The van der Waals surface area contributed by atoms with Crippen molar-refractivity contribution in [1.82, 2.24) is 5.32 Å². The Hall–Kier alpha value is -2.48. The highest BCUT2D eigenvalue weighted by molar-refractivity contribution is 5.91. The molecular formula is C17H22N2O3. The summed E-state index contributed by atoms with van der Waals surface area (Å²) in [7, 11) is 0. The number of amides is 1. The number of rotatable bonds is 8. The minimum Gasteiger partial charge on any atom is -0.490 e. The summed E-state index contributed by atoms with van der Waals surface area (Å²) in [6.45, 7) is 7.02. The van der Waals surface area contributed by atoms with Gasteiger partial charge in [0.25, 0.3) is 0 Å². The van der Waals surface area contributed by atoms with E-state index in [0.29, 0.717) is 31.3 Å². The summed E-state index contributed by atoms with van der Waals surface area (Å²) in [4.78, 5) is 11.7. The minimum absolute atomic E-state index is 0.201. The van der Waals surface area contributed by atoms with Crippen LogP contribution in [0.5, 0.6) is 11.5 Å². The number of hydrogen-bond acceptors (Lipinski definition) is 4. The molecule has 22 heavy (non-hydrogen) atoms. The number of nitrogens with one attached hydrogen (secondary N) is 1. The first-order valence-electron chi connectivity index (χ1n) is 7.35. The van der Waals surface area contributed by atoms with Crippen molar-refractivity contribution in [2.45, 2.75) is 20.8 Å². The molecule has 0 fully saturated rings. The molecule has 0 aliphatic heterocycles. The SMILES string of the molecule is CCOc1ccc(/C=C/C(=O)NCC(C)C#N)cc1OCC. The highest BCUT2D eigenvalue weighted by Crippen LogP contribution is 2.28. The third kappa shape index (κ3) is 5.88. The molecule has 0 saturated carbocycles. The number of carbonyl (C=O) groups is 1. The van der Waals surface area contributed by atoms with Gasteiger partial charge in [-0.1, -0.05) is 6.07 Å². The molecule has 0 aromatic heterocycles. The standard InChI is InChI=1S/C17H22N2O3/c1-4-21-15-8-6-14(10-16(15)22-5-2)7-9-17(20)19-12-13(3)11-18/h6-10,13H,4-5,12H2,1-3H3,(H,19,20)/b9-7+. The summed E-state index contributed by atoms with van der Waals surface area (Å²) in [6.07, 6.45) is 3.14. The molecule has 0 spiro atoms. The van der Waals surface area contributed by atoms with E-state index in [2.05, 4.69) is 11.4 Å². The summed E-state index contributed by atoms with van der Waals surface area (Å²) < 4.78 is 11.0. The molecule has 0 heterocycles. The Morgan fingerprint density at radius 2 is 2.00 bits per heavy atom. The van der Waals surface area contributed by atoms with Crippen LogP contribution in [0, 0.1) is 17.2 Å². The molecule has 5 nitrogen and oxygen atoms in total. The van der Waals surface area contributed by atoms with Crippen molar-refractivity contribution in [1.29, 1.82) is 5.26 Å². The zero-order chi connectivity index (χ0) is 16.4. The van der Waals surface area contributed by atoms with E-state index in [-0.39, 0.29) is 11.8 Å². The van der Waals surface area contributed by atoms with Crippen molar-refractivity contribution in [3.8, 4) is 17.6 Å². The van der Waals surface area contributed by atoms with Crippen molar-refractivity contribution in [2.24, 2.45) is 5.92 Å². The van der Waals surface area contributed by atoms with Crippen molar-refractivity contribution < 1.29 is 14.3 Å². The molecule has 0 aliphatic rings. The number of nitrogens with zero attached hydrogens (tertiary/aromatic N) is 1. The van der Waals surface area contributed by atoms with Crippen LogP contribution in [-0.2, 0) is 4.79 Å². The first-order chi connectivity index (χ1) is 10.6. The van der Waals surface area contributed by atoms with Gasteiger partial charge in [-0.15, -0.1) is 0 Å². The highest BCUT2D eigenvalue weighted by Gasteiger charge is 2.05. The number of hydrogen-bond donors (Lipinski definition) is 1. The molecule has 1 unspecified atom stereocenters. The van der Waals surface area contributed by atoms with Gasteiger partial charge in [-0.3, -0.25) is 4.79 Å². The Morgan fingerprint density at radius 3 is 2.64 bits per heavy atom. The average molecular weight is 302 g/mol. The zero-order valence-corrected chi connectivity index (χ0v) is 13.3. The molecule has 0 bridgehead atoms. The molecule has 1 aromatic rings. The lowest BCUT2D eigenvalue weighted by atomic mass is 10.2. The van der Waals surface area contributed by atoms with Crippen LogP contribution in [0.15, 0.2) is 24.3 Å². The maximum atomic E-state index is 11.7. The van der Waals surface area contributed by atoms with Gasteiger partial charge >= 0.3 is 0 Å². The fourth-order valence-electron chi connectivity index (χ4n) is 1.70. The van der Waals surface area contributed by atoms with Gasteiger partial charge in [0.15, 0.2) is 11.5 Å². The lowest BCUT2D eigenvalue weighted by Gasteiger charge is -2.11. The van der Waals surface area contributed by atoms with Crippen LogP contribution in [0.4, 0.5) is 0 Å². The Balaban J connectivity index is 2.72. The molecule has 1 rings (SSSR count). The number of ether oxygens (including phenoxy) is 2. The lowest BCUT2D eigenvalue weighted by Crippen LogP contribution is -2.25. The highest BCUT2D eigenvalue weighted by atomic mass is 16.5. The number of carbonyl (C=O) groups excluding carboxylic acids is 1. The van der Waals surface area contributed by atoms with Gasteiger partial charge in [0.1, 0.15) is 0 Å². The van der Waals surface area contributed by atoms with Crippen molar-refractivity contribution >= 4 is 12.0 Å². The average Bonchev–Trinajstić information content (AvgIpc) is 2.53. The summed E-state index contributed by atoms with van der Waals surface area (Å²) in [5.41, 5.74) is 0.843. The van der Waals surface area contributed by atoms with E-state index in [0.717, 1.165) is 5.56 Å². The molecule has 1 aromatic carbocycles. The van der Waals surface area contributed by atoms with E-state index in [1.54, 1.807) is 13.0 Å². The predicted molar refractivity (Wildman–Crippen MR) is 85.6 cm³/mol. The number of benzene rings is 1. The van der Waals surface area contributed by atoms with Crippen LogP contribution in [0.1, 0.15) is 26.3 Å². The van der Waals surface area contributed by atoms with E-state index >= 15 is 0 Å². The molecule has 5 heteroatoms. The minimum atomic E-state index is -0.228. The fourth-order valence-corrected chi connectivity index (χ4v) is 1.70. The van der Waals surface area contributed by atoms with Crippen molar-refractivity contribution in [2.75, 3.05) is 19.8 Å². The topological polar surface area (TPSA) is 71.3 Å². The second-order valence-corrected chi connectivity index (χ2v) is 4.68. The van der Waals surface area contributed by atoms with E-state index < -0.39 is 0 Å². The Kier molecular flexibility index (Phi) is 7.55. The first-order valence-corrected chi connectivity index (χ1v) is 7.35. The first kappa shape index (κ1) is 17.6. The van der Waals surface area contributed by atoms with Gasteiger partial charge in [0, 0.05) is 12.6 Å². The lowest BCUT2D eigenvalue weighted by molar-refractivity contribution is -0.116. The zero-order valence-electron chi connectivity index (χ0n) is 13.3. The molecule has 118 valence electrons. The van der Waals surface area contributed by atoms with Gasteiger partial charge in [0.05, 0.1) is 25.2 Å². The summed E-state index contributed by atoms with van der Waals surface area (Å²) >= 11 is 0. The van der Waals surface area contributed by atoms with Gasteiger partial charge in [-0.05, 0) is 44.5 Å². The third-order valence-electron chi connectivity index (χ3n) is 2.80. The maximum Gasteiger partial charge on any atom is 0.244 e. The third-order valence-corrected chi connectivity index (χ3v) is 2.80. The van der Waals surface area contributed by atoms with E-state index in [9.17, 15) is 4.79 Å². The largest absolute Gasteiger partial charge is 0.490 e. The van der Waals surface area contributed by atoms with E-state index in [1.165, 1.54) is 6.08 Å². The van der Waals surface area contributed by atoms with Crippen LogP contribution in [0.25, 0.3) is 6.08 Å². The molecule has 1 N–H and O–H groups in total. The van der Waals surface area contributed by atoms with Gasteiger partial charge in [-0.25, -0.2) is 0 Å². The normalized spacial score (nSPS) is 11.7. The predicted octanol–water partition coefficient (Wildman–Crippen LogP) is 2.77. The molecule has 0 saturated heterocycles. The van der Waals surface area contributed by atoms with Crippen LogP contribution in [-0.4, -0.2) is 25.7 Å². The van der Waals surface area contributed by atoms with Crippen molar-refractivity contribution in [3.63, 3.8) is 0 Å². The molecule has 1 atom stereocenters. The van der Waals surface area contributed by atoms with E-state index in [4.69, 9.17) is 14.7 Å². The fraction of sp³-hybridized carbons (Fsp3) is 0.412. The smallest absolute Gasteiger partial charge is 0.244 e. The van der Waals surface area contributed by atoms with Crippen LogP contribution < -0.4 is 14.8 Å². The number of nitriles is 1.